The summed E-state index contributed by atoms with van der Waals surface area (Å²) < 4.78 is 1.45. The number of carbonyl (C=O) groups excluding carboxylic acids is 1. The zero-order valence-electron chi connectivity index (χ0n) is 17.1. The van der Waals surface area contributed by atoms with Crippen LogP contribution in [0.1, 0.15) is 53.6 Å². The summed E-state index contributed by atoms with van der Waals surface area (Å²) in [6.45, 7) is 2.66. The zero-order chi connectivity index (χ0) is 21.1. The lowest BCUT2D eigenvalue weighted by atomic mass is 9.69. The maximum atomic E-state index is 13.1. The van der Waals surface area contributed by atoms with Crippen LogP contribution >= 0.6 is 11.6 Å². The normalized spacial score (nSPS) is 15.7. The number of halogens is 1. The lowest BCUT2D eigenvalue weighted by Crippen LogP contribution is -2.42. The van der Waals surface area contributed by atoms with Crippen molar-refractivity contribution in [1.82, 2.24) is 14.9 Å². The van der Waals surface area contributed by atoms with Gasteiger partial charge in [-0.3, -0.25) is 9.36 Å². The molecule has 2 N–H and O–H groups in total. The fraction of sp³-hybridized carbons (Fsp3) is 0.333. The van der Waals surface area contributed by atoms with Crippen LogP contribution in [0.4, 0.5) is 0 Å². The van der Waals surface area contributed by atoms with Gasteiger partial charge in [0.25, 0.3) is 5.91 Å². The van der Waals surface area contributed by atoms with Crippen LogP contribution in [0, 0.1) is 6.92 Å². The highest BCUT2D eigenvalue weighted by atomic mass is 35.5. The van der Waals surface area contributed by atoms with Gasteiger partial charge in [-0.2, -0.15) is 0 Å². The molecule has 0 unspecified atom stereocenters. The number of amides is 1. The van der Waals surface area contributed by atoms with Crippen LogP contribution in [0.2, 0.25) is 5.02 Å². The van der Waals surface area contributed by atoms with E-state index in [0.29, 0.717) is 22.8 Å². The molecule has 156 valence electrons. The molecule has 1 heterocycles. The second kappa shape index (κ2) is 8.52. The van der Waals surface area contributed by atoms with Gasteiger partial charge < -0.3 is 10.3 Å². The Labute approximate surface area is 181 Å². The van der Waals surface area contributed by atoms with Crippen molar-refractivity contribution in [2.75, 3.05) is 6.54 Å². The molecule has 0 radical (unpaired) electrons. The molecule has 0 aliphatic heterocycles. The van der Waals surface area contributed by atoms with E-state index >= 15 is 0 Å². The van der Waals surface area contributed by atoms with Crippen LogP contribution in [-0.4, -0.2) is 22.0 Å². The monoisotopic (exact) mass is 423 g/mol. The molecule has 0 saturated heterocycles. The lowest BCUT2D eigenvalue weighted by molar-refractivity contribution is 0.0936. The third-order valence-corrected chi connectivity index (χ3v) is 6.51. The standard InChI is InChI=1S/C24H26ClN3O2/c1-17-5-7-18(8-6-17)24(11-3-2-4-12-24)16-27-22(29)20-15-19(9-10-21(20)25)28-14-13-26-23(28)30/h5-10,13-15H,2-4,11-12,16H2,1H3,(H,26,30)(H,27,29). The van der Waals surface area contributed by atoms with Crippen molar-refractivity contribution in [3.8, 4) is 5.69 Å². The van der Waals surface area contributed by atoms with E-state index < -0.39 is 0 Å². The van der Waals surface area contributed by atoms with Gasteiger partial charge in [0.2, 0.25) is 0 Å². The van der Waals surface area contributed by atoms with Gasteiger partial charge in [-0.1, -0.05) is 60.7 Å². The van der Waals surface area contributed by atoms with Crippen LogP contribution in [0.15, 0.2) is 59.7 Å². The summed E-state index contributed by atoms with van der Waals surface area (Å²) >= 11 is 6.33. The summed E-state index contributed by atoms with van der Waals surface area (Å²) in [5.74, 6) is -0.220. The number of aromatic nitrogens is 2. The van der Waals surface area contributed by atoms with E-state index in [1.165, 1.54) is 22.1 Å². The SMILES string of the molecule is Cc1ccc(C2(CNC(=O)c3cc(-n4cc[nH]c4=O)ccc3Cl)CCCCC2)cc1. The van der Waals surface area contributed by atoms with Gasteiger partial charge in [0.05, 0.1) is 16.3 Å². The molecule has 0 spiro atoms. The predicted molar refractivity (Wildman–Crippen MR) is 120 cm³/mol. The number of hydrogen-bond donors (Lipinski definition) is 2. The van der Waals surface area contributed by atoms with Gasteiger partial charge in [0, 0.05) is 24.4 Å². The van der Waals surface area contributed by atoms with Crippen molar-refractivity contribution in [2.45, 2.75) is 44.4 Å². The molecule has 30 heavy (non-hydrogen) atoms. The van der Waals surface area contributed by atoms with Crippen molar-refractivity contribution >= 4 is 17.5 Å². The molecule has 1 fully saturated rings. The van der Waals surface area contributed by atoms with E-state index in [2.05, 4.69) is 41.5 Å². The van der Waals surface area contributed by atoms with E-state index in [4.69, 9.17) is 11.6 Å². The Hall–Kier alpha value is -2.79. The number of carbonyl (C=O) groups is 1. The van der Waals surface area contributed by atoms with Crippen molar-refractivity contribution in [1.29, 1.82) is 0 Å². The first-order chi connectivity index (χ1) is 14.5. The number of nitrogens with zero attached hydrogens (tertiary/aromatic N) is 1. The van der Waals surface area contributed by atoms with E-state index in [-0.39, 0.29) is 17.0 Å². The third kappa shape index (κ3) is 4.08. The molecule has 4 rings (SSSR count). The first-order valence-corrected chi connectivity index (χ1v) is 10.8. The summed E-state index contributed by atoms with van der Waals surface area (Å²) in [6, 6.07) is 13.7. The first kappa shape index (κ1) is 20.5. The van der Waals surface area contributed by atoms with Crippen LogP contribution in [-0.2, 0) is 5.41 Å². The van der Waals surface area contributed by atoms with Crippen molar-refractivity contribution in [2.24, 2.45) is 0 Å². The minimum absolute atomic E-state index is 0.0523. The van der Waals surface area contributed by atoms with E-state index in [0.717, 1.165) is 25.7 Å². The number of hydrogen-bond acceptors (Lipinski definition) is 2. The highest BCUT2D eigenvalue weighted by Crippen LogP contribution is 2.39. The molecule has 1 aliphatic rings. The summed E-state index contributed by atoms with van der Waals surface area (Å²) in [5.41, 5.74) is 3.18. The highest BCUT2D eigenvalue weighted by molar-refractivity contribution is 6.33. The van der Waals surface area contributed by atoms with E-state index in [1.807, 2.05) is 0 Å². The second-order valence-electron chi connectivity index (χ2n) is 8.19. The number of H-pyrrole nitrogens is 1. The minimum atomic E-state index is -0.260. The largest absolute Gasteiger partial charge is 0.351 e. The van der Waals surface area contributed by atoms with Gasteiger partial charge in [-0.05, 0) is 43.5 Å². The third-order valence-electron chi connectivity index (χ3n) is 6.18. The van der Waals surface area contributed by atoms with Gasteiger partial charge in [-0.15, -0.1) is 0 Å². The first-order valence-electron chi connectivity index (χ1n) is 10.4. The second-order valence-corrected chi connectivity index (χ2v) is 8.60. The Bertz CT molecular complexity index is 1090. The topological polar surface area (TPSA) is 66.9 Å². The average Bonchev–Trinajstić information content (AvgIpc) is 3.19. The van der Waals surface area contributed by atoms with Gasteiger partial charge in [-0.25, -0.2) is 4.79 Å². The van der Waals surface area contributed by atoms with Crippen molar-refractivity contribution < 1.29 is 4.79 Å². The van der Waals surface area contributed by atoms with Crippen molar-refractivity contribution in [3.63, 3.8) is 0 Å². The molecule has 1 amide bonds. The Kier molecular flexibility index (Phi) is 5.82. The maximum absolute atomic E-state index is 13.1. The summed E-state index contributed by atoms with van der Waals surface area (Å²) in [7, 11) is 0. The fourth-order valence-electron chi connectivity index (χ4n) is 4.41. The van der Waals surface area contributed by atoms with Crippen LogP contribution < -0.4 is 11.0 Å². The predicted octanol–water partition coefficient (Wildman–Crippen LogP) is 4.76. The smallest absolute Gasteiger partial charge is 0.330 e. The molecule has 2 aromatic carbocycles. The van der Waals surface area contributed by atoms with Crippen LogP contribution in [0.5, 0.6) is 0 Å². The fourth-order valence-corrected chi connectivity index (χ4v) is 4.61. The van der Waals surface area contributed by atoms with Gasteiger partial charge in [0.15, 0.2) is 0 Å². The van der Waals surface area contributed by atoms with E-state index in [1.54, 1.807) is 30.6 Å². The number of aromatic amines is 1. The molecule has 1 aromatic heterocycles. The molecule has 5 nitrogen and oxygen atoms in total. The number of imidazole rings is 1. The number of rotatable bonds is 5. The Balaban J connectivity index is 1.58. The Morgan fingerprint density at radius 3 is 2.53 bits per heavy atom. The van der Waals surface area contributed by atoms with Gasteiger partial charge in [0.1, 0.15) is 0 Å². The van der Waals surface area contributed by atoms with Crippen molar-refractivity contribution in [3.05, 3.63) is 87.1 Å². The van der Waals surface area contributed by atoms with Crippen LogP contribution in [0.3, 0.4) is 0 Å². The Morgan fingerprint density at radius 1 is 1.13 bits per heavy atom. The molecule has 6 heteroatoms. The molecular formula is C24H26ClN3O2. The van der Waals surface area contributed by atoms with Crippen LogP contribution in [0.25, 0.3) is 5.69 Å². The quantitative estimate of drug-likeness (QED) is 0.621. The lowest BCUT2D eigenvalue weighted by Gasteiger charge is -2.38. The Morgan fingerprint density at radius 2 is 1.87 bits per heavy atom. The molecule has 3 aromatic rings. The van der Waals surface area contributed by atoms with Gasteiger partial charge >= 0.3 is 5.69 Å². The average molecular weight is 424 g/mol. The molecule has 0 bridgehead atoms. The molecule has 1 aliphatic carbocycles. The highest BCUT2D eigenvalue weighted by Gasteiger charge is 2.34. The minimum Gasteiger partial charge on any atom is -0.351 e. The summed E-state index contributed by atoms with van der Waals surface area (Å²) in [4.78, 5) is 27.6. The molecular weight excluding hydrogens is 398 g/mol. The summed E-state index contributed by atoms with van der Waals surface area (Å²) in [5, 5.41) is 3.50. The maximum Gasteiger partial charge on any atom is 0.330 e. The summed E-state index contributed by atoms with van der Waals surface area (Å²) in [6.07, 6.45) is 8.87. The number of aryl methyl sites for hydroxylation is 1. The van der Waals surface area contributed by atoms with E-state index in [9.17, 15) is 9.59 Å². The molecule has 0 atom stereocenters. The zero-order valence-corrected chi connectivity index (χ0v) is 17.8. The number of benzene rings is 2. The molecule has 1 saturated carbocycles. The number of nitrogens with one attached hydrogen (secondary N) is 2.